The molecule has 2 bridgehead atoms. The van der Waals surface area contributed by atoms with Crippen LogP contribution in [0.1, 0.15) is 18.0 Å². The number of anilines is 3. The Bertz CT molecular complexity index is 1280. The fourth-order valence-electron chi connectivity index (χ4n) is 4.75. The lowest BCUT2D eigenvalue weighted by Crippen LogP contribution is -2.50. The molecular weight excluding hydrogens is 437 g/mol. The fraction of sp³-hybridized carbons (Fsp3) is 0.240. The zero-order valence-electron chi connectivity index (χ0n) is 18.3. The minimum Gasteiger partial charge on any atom is -0.324 e. The number of nitrogens with one attached hydrogen (secondary N) is 3. The number of pyridine rings is 1. The summed E-state index contributed by atoms with van der Waals surface area (Å²) in [6.45, 7) is 1.46. The SMILES string of the molecule is O=C(Nc1ccccc1)Nc1ccc2n(c1=O)C[C@@H]1C[C@@H]2CN(C(=O)Nc2ccc(F)cc2)C1. The number of carbonyl (C=O) groups is 2. The summed E-state index contributed by atoms with van der Waals surface area (Å²) >= 11 is 0. The quantitative estimate of drug-likeness (QED) is 0.543. The molecule has 174 valence electrons. The Hall–Kier alpha value is -4.14. The molecule has 0 saturated carbocycles. The molecule has 8 nitrogen and oxygen atoms in total. The smallest absolute Gasteiger partial charge is 0.323 e. The number of piperidine rings is 1. The molecule has 0 aliphatic carbocycles. The topological polar surface area (TPSA) is 95.5 Å². The standard InChI is InChI=1S/C25H24FN5O3/c26-18-6-8-20(9-7-18)28-25(34)30-13-16-12-17(15-30)22-11-10-21(23(32)31(22)14-16)29-24(33)27-19-4-2-1-3-5-19/h1-11,16-17H,12-15H2,(H,28,34)(H2,27,29,33)/t16-,17-/m1/s1. The molecule has 0 unspecified atom stereocenters. The van der Waals surface area contributed by atoms with Crippen molar-refractivity contribution >= 4 is 29.1 Å². The first-order valence-electron chi connectivity index (χ1n) is 11.1. The number of nitrogens with zero attached hydrogens (tertiary/aromatic N) is 2. The number of halogens is 1. The van der Waals surface area contributed by atoms with Gasteiger partial charge < -0.3 is 25.4 Å². The second-order valence-corrected chi connectivity index (χ2v) is 8.67. The summed E-state index contributed by atoms with van der Waals surface area (Å²) in [6, 6.07) is 17.4. The van der Waals surface area contributed by atoms with Crippen LogP contribution in [0.25, 0.3) is 0 Å². The van der Waals surface area contributed by atoms with Gasteiger partial charge in [-0.1, -0.05) is 18.2 Å². The molecular formula is C25H24FN5O3. The number of likely N-dealkylation sites (tertiary alicyclic amines) is 1. The van der Waals surface area contributed by atoms with Gasteiger partial charge in [0.15, 0.2) is 0 Å². The third kappa shape index (κ3) is 4.50. The van der Waals surface area contributed by atoms with Crippen molar-refractivity contribution in [1.82, 2.24) is 9.47 Å². The van der Waals surface area contributed by atoms with Crippen molar-refractivity contribution in [3.63, 3.8) is 0 Å². The lowest BCUT2D eigenvalue weighted by Gasteiger charge is -2.42. The van der Waals surface area contributed by atoms with E-state index in [2.05, 4.69) is 16.0 Å². The van der Waals surface area contributed by atoms with Crippen molar-refractivity contribution in [3.8, 4) is 0 Å². The van der Waals surface area contributed by atoms with E-state index in [9.17, 15) is 18.8 Å². The fourth-order valence-corrected chi connectivity index (χ4v) is 4.75. The number of hydrogen-bond donors (Lipinski definition) is 3. The molecule has 2 aliphatic rings. The van der Waals surface area contributed by atoms with Gasteiger partial charge in [-0.3, -0.25) is 4.79 Å². The average molecular weight is 461 g/mol. The van der Waals surface area contributed by atoms with Crippen molar-refractivity contribution in [1.29, 1.82) is 0 Å². The monoisotopic (exact) mass is 461 g/mol. The average Bonchev–Trinajstić information content (AvgIpc) is 2.83. The van der Waals surface area contributed by atoms with E-state index in [4.69, 9.17) is 0 Å². The van der Waals surface area contributed by atoms with Crippen LogP contribution >= 0.6 is 0 Å². The summed E-state index contributed by atoms with van der Waals surface area (Å²) in [5.41, 5.74) is 1.98. The second-order valence-electron chi connectivity index (χ2n) is 8.67. The molecule has 34 heavy (non-hydrogen) atoms. The predicted octanol–water partition coefficient (Wildman–Crippen LogP) is 4.28. The number of aromatic nitrogens is 1. The maximum Gasteiger partial charge on any atom is 0.323 e. The van der Waals surface area contributed by atoms with E-state index < -0.39 is 6.03 Å². The molecule has 0 spiro atoms. The van der Waals surface area contributed by atoms with Crippen LogP contribution in [0.5, 0.6) is 0 Å². The van der Waals surface area contributed by atoms with Crippen molar-refractivity contribution in [2.24, 2.45) is 5.92 Å². The minimum absolute atomic E-state index is 0.0198. The lowest BCUT2D eigenvalue weighted by atomic mass is 9.83. The zero-order chi connectivity index (χ0) is 23.7. The molecule has 2 aliphatic heterocycles. The van der Waals surface area contributed by atoms with Gasteiger partial charge in [0.05, 0.1) is 0 Å². The molecule has 9 heteroatoms. The Morgan fingerprint density at radius 2 is 1.56 bits per heavy atom. The van der Waals surface area contributed by atoms with Gasteiger partial charge in [-0.15, -0.1) is 0 Å². The molecule has 4 amide bonds. The summed E-state index contributed by atoms with van der Waals surface area (Å²) in [7, 11) is 0. The molecule has 2 atom stereocenters. The summed E-state index contributed by atoms with van der Waals surface area (Å²) in [5.74, 6) is -0.221. The van der Waals surface area contributed by atoms with E-state index in [0.29, 0.717) is 31.0 Å². The molecule has 3 heterocycles. The molecule has 2 aromatic carbocycles. The third-order valence-corrected chi connectivity index (χ3v) is 6.27. The van der Waals surface area contributed by atoms with Gasteiger partial charge in [0.25, 0.3) is 5.56 Å². The van der Waals surface area contributed by atoms with E-state index >= 15 is 0 Å². The van der Waals surface area contributed by atoms with Crippen LogP contribution < -0.4 is 21.5 Å². The summed E-state index contributed by atoms with van der Waals surface area (Å²) in [4.78, 5) is 40.0. The lowest BCUT2D eigenvalue weighted by molar-refractivity contribution is 0.139. The third-order valence-electron chi connectivity index (χ3n) is 6.27. The largest absolute Gasteiger partial charge is 0.324 e. The van der Waals surface area contributed by atoms with Crippen LogP contribution in [-0.2, 0) is 6.54 Å². The van der Waals surface area contributed by atoms with Crippen molar-refractivity contribution < 1.29 is 14.0 Å². The van der Waals surface area contributed by atoms with Gasteiger partial charge in [0, 0.05) is 42.6 Å². The van der Waals surface area contributed by atoms with Crippen LogP contribution in [0, 0.1) is 11.7 Å². The summed E-state index contributed by atoms with van der Waals surface area (Å²) in [6.07, 6.45) is 0.890. The molecule has 0 radical (unpaired) electrons. The van der Waals surface area contributed by atoms with Crippen LogP contribution in [0.15, 0.2) is 71.5 Å². The predicted molar refractivity (Wildman–Crippen MR) is 128 cm³/mol. The molecule has 3 aromatic rings. The number of rotatable bonds is 3. The highest BCUT2D eigenvalue weighted by molar-refractivity contribution is 5.99. The van der Waals surface area contributed by atoms with Crippen LogP contribution in [0.3, 0.4) is 0 Å². The first kappa shape index (κ1) is 21.7. The van der Waals surface area contributed by atoms with Crippen molar-refractivity contribution in [2.45, 2.75) is 18.9 Å². The first-order chi connectivity index (χ1) is 16.5. The Labute approximate surface area is 195 Å². The van der Waals surface area contributed by atoms with Gasteiger partial charge in [-0.2, -0.15) is 0 Å². The number of carbonyl (C=O) groups excluding carboxylic acids is 2. The van der Waals surface area contributed by atoms with Gasteiger partial charge in [0.2, 0.25) is 0 Å². The summed E-state index contributed by atoms with van der Waals surface area (Å²) < 4.78 is 14.8. The van der Waals surface area contributed by atoms with Crippen molar-refractivity contribution in [3.05, 3.63) is 88.6 Å². The number of amides is 4. The molecule has 1 saturated heterocycles. The molecule has 1 fully saturated rings. The van der Waals surface area contributed by atoms with E-state index in [0.717, 1.165) is 12.1 Å². The van der Waals surface area contributed by atoms with E-state index in [1.54, 1.807) is 27.7 Å². The maximum absolute atomic E-state index is 13.1. The van der Waals surface area contributed by atoms with Crippen LogP contribution in [-0.4, -0.2) is 34.6 Å². The second kappa shape index (κ2) is 9.01. The molecule has 5 rings (SSSR count). The summed E-state index contributed by atoms with van der Waals surface area (Å²) in [5, 5.41) is 8.17. The maximum atomic E-state index is 13.1. The van der Waals surface area contributed by atoms with E-state index in [1.165, 1.54) is 24.3 Å². The number of para-hydroxylation sites is 1. The molecule has 3 N–H and O–H groups in total. The number of benzene rings is 2. The van der Waals surface area contributed by atoms with Crippen LogP contribution in [0.2, 0.25) is 0 Å². The first-order valence-corrected chi connectivity index (χ1v) is 11.1. The van der Waals surface area contributed by atoms with Gasteiger partial charge in [-0.25, -0.2) is 14.0 Å². The Morgan fingerprint density at radius 3 is 2.32 bits per heavy atom. The van der Waals surface area contributed by atoms with E-state index in [1.807, 2.05) is 24.3 Å². The highest BCUT2D eigenvalue weighted by Crippen LogP contribution is 2.35. The van der Waals surface area contributed by atoms with Gasteiger partial charge in [0.1, 0.15) is 11.5 Å². The minimum atomic E-state index is -0.483. The van der Waals surface area contributed by atoms with Crippen molar-refractivity contribution in [2.75, 3.05) is 29.0 Å². The number of urea groups is 2. The Morgan fingerprint density at radius 1 is 0.824 bits per heavy atom. The zero-order valence-corrected chi connectivity index (χ0v) is 18.3. The van der Waals surface area contributed by atoms with E-state index in [-0.39, 0.29) is 34.9 Å². The normalized spacial score (nSPS) is 18.6. The highest BCUT2D eigenvalue weighted by Gasteiger charge is 2.36. The number of hydrogen-bond acceptors (Lipinski definition) is 3. The molecule has 1 aromatic heterocycles. The number of fused-ring (bicyclic) bond motifs is 4. The van der Waals surface area contributed by atoms with Gasteiger partial charge >= 0.3 is 12.1 Å². The van der Waals surface area contributed by atoms with Gasteiger partial charge in [-0.05, 0) is 60.9 Å². The Kier molecular flexibility index (Phi) is 5.75. The highest BCUT2D eigenvalue weighted by atomic mass is 19.1. The Balaban J connectivity index is 1.29. The van der Waals surface area contributed by atoms with Crippen LogP contribution in [0.4, 0.5) is 31.0 Å².